The van der Waals surface area contributed by atoms with Crippen LogP contribution in [0.3, 0.4) is 0 Å². The molecular formula is C23H29ClFN3O4. The highest BCUT2D eigenvalue weighted by Crippen LogP contribution is 2.30. The molecule has 0 saturated carbocycles. The van der Waals surface area contributed by atoms with E-state index in [0.717, 1.165) is 31.5 Å². The fraction of sp³-hybridized carbons (Fsp3) is 0.478. The molecular weight excluding hydrogens is 437 g/mol. The van der Waals surface area contributed by atoms with Crippen molar-refractivity contribution in [1.82, 2.24) is 9.88 Å². The lowest BCUT2D eigenvalue weighted by molar-refractivity contribution is 0.0600. The van der Waals surface area contributed by atoms with Crippen LogP contribution in [0.25, 0.3) is 0 Å². The summed E-state index contributed by atoms with van der Waals surface area (Å²) in [6, 6.07) is 6.82. The standard InChI is InChI=1S/C23H29ClFN3O4/c1-4-31-18-10-15(11-19(22(18)25)32-5-2)14-28-8-6-17(7-9-28)26-21-13-16(23(29)30-3)12-20(24)27-21/h10-13,17H,4-9,14H2,1-3H3,(H,26,27). The molecule has 2 heterocycles. The largest absolute Gasteiger partial charge is 0.491 e. The summed E-state index contributed by atoms with van der Waals surface area (Å²) in [6.45, 7) is 6.81. The van der Waals surface area contributed by atoms with Gasteiger partial charge in [0.1, 0.15) is 11.0 Å². The molecule has 0 amide bonds. The number of hydrogen-bond donors (Lipinski definition) is 1. The van der Waals surface area contributed by atoms with Crippen LogP contribution in [0.1, 0.15) is 42.6 Å². The van der Waals surface area contributed by atoms with E-state index in [-0.39, 0.29) is 22.7 Å². The molecule has 0 bridgehead atoms. The van der Waals surface area contributed by atoms with E-state index >= 15 is 0 Å². The Balaban J connectivity index is 1.61. The molecule has 1 aliphatic heterocycles. The Morgan fingerprint density at radius 2 is 1.78 bits per heavy atom. The van der Waals surface area contributed by atoms with Gasteiger partial charge in [-0.25, -0.2) is 9.78 Å². The van der Waals surface area contributed by atoms with E-state index in [4.69, 9.17) is 25.8 Å². The molecule has 7 nitrogen and oxygen atoms in total. The molecule has 1 fully saturated rings. The monoisotopic (exact) mass is 465 g/mol. The molecule has 0 unspecified atom stereocenters. The minimum Gasteiger partial charge on any atom is -0.491 e. The highest BCUT2D eigenvalue weighted by Gasteiger charge is 2.22. The fourth-order valence-electron chi connectivity index (χ4n) is 3.75. The van der Waals surface area contributed by atoms with Crippen molar-refractivity contribution < 1.29 is 23.4 Å². The second-order valence-corrected chi connectivity index (χ2v) is 7.91. The first kappa shape index (κ1) is 24.1. The van der Waals surface area contributed by atoms with Crippen molar-refractivity contribution in [2.45, 2.75) is 39.3 Å². The Morgan fingerprint density at radius 3 is 2.34 bits per heavy atom. The van der Waals surface area contributed by atoms with Gasteiger partial charge in [0.2, 0.25) is 5.82 Å². The van der Waals surface area contributed by atoms with Crippen molar-refractivity contribution >= 4 is 23.4 Å². The van der Waals surface area contributed by atoms with Crippen molar-refractivity contribution in [3.05, 3.63) is 46.4 Å². The second kappa shape index (κ2) is 11.3. The molecule has 2 aromatic rings. The Morgan fingerprint density at radius 1 is 1.16 bits per heavy atom. The summed E-state index contributed by atoms with van der Waals surface area (Å²) in [5.41, 5.74) is 1.31. The smallest absolute Gasteiger partial charge is 0.338 e. The molecule has 0 radical (unpaired) electrons. The Kier molecular flexibility index (Phi) is 8.53. The highest BCUT2D eigenvalue weighted by atomic mass is 35.5. The minimum absolute atomic E-state index is 0.203. The lowest BCUT2D eigenvalue weighted by atomic mass is 10.0. The first-order valence-corrected chi connectivity index (χ1v) is 11.1. The number of esters is 1. The molecule has 3 rings (SSSR count). The zero-order chi connectivity index (χ0) is 23.1. The number of pyridine rings is 1. The topological polar surface area (TPSA) is 72.9 Å². The van der Waals surface area contributed by atoms with Gasteiger partial charge in [-0.2, -0.15) is 4.39 Å². The zero-order valence-electron chi connectivity index (χ0n) is 18.6. The first-order chi connectivity index (χ1) is 15.4. The molecule has 1 aromatic carbocycles. The van der Waals surface area contributed by atoms with Gasteiger partial charge in [0.25, 0.3) is 0 Å². The van der Waals surface area contributed by atoms with Gasteiger partial charge in [-0.1, -0.05) is 11.6 Å². The van der Waals surface area contributed by atoms with Gasteiger partial charge in [-0.15, -0.1) is 0 Å². The average molecular weight is 466 g/mol. The lowest BCUT2D eigenvalue weighted by Gasteiger charge is -2.32. The SMILES string of the molecule is CCOc1cc(CN2CCC(Nc3cc(C(=O)OC)cc(Cl)n3)CC2)cc(OCC)c1F. The number of carbonyl (C=O) groups is 1. The third-order valence-corrected chi connectivity index (χ3v) is 5.42. The maximum absolute atomic E-state index is 14.5. The van der Waals surface area contributed by atoms with Gasteiger partial charge in [0.05, 0.1) is 25.9 Å². The number of piperidine rings is 1. The molecule has 0 spiro atoms. The van der Waals surface area contributed by atoms with Crippen molar-refractivity contribution in [2.75, 3.05) is 38.7 Å². The molecule has 1 N–H and O–H groups in total. The Labute approximate surface area is 192 Å². The van der Waals surface area contributed by atoms with E-state index in [1.165, 1.54) is 13.2 Å². The van der Waals surface area contributed by atoms with Gasteiger partial charge in [-0.05, 0) is 56.5 Å². The third-order valence-electron chi connectivity index (χ3n) is 5.23. The summed E-state index contributed by atoms with van der Waals surface area (Å²) in [6.07, 6.45) is 1.78. The van der Waals surface area contributed by atoms with Gasteiger partial charge in [0.15, 0.2) is 11.5 Å². The van der Waals surface area contributed by atoms with Crippen LogP contribution in [-0.4, -0.2) is 55.3 Å². The lowest BCUT2D eigenvalue weighted by Crippen LogP contribution is -2.38. The quantitative estimate of drug-likeness (QED) is 0.430. The van der Waals surface area contributed by atoms with Crippen molar-refractivity contribution in [2.24, 2.45) is 0 Å². The third kappa shape index (κ3) is 6.23. The molecule has 174 valence electrons. The van der Waals surface area contributed by atoms with Crippen molar-refractivity contribution in [3.8, 4) is 11.5 Å². The summed E-state index contributed by atoms with van der Waals surface area (Å²) < 4.78 is 30.1. The maximum atomic E-state index is 14.5. The van der Waals surface area contributed by atoms with Gasteiger partial charge in [0, 0.05) is 25.7 Å². The van der Waals surface area contributed by atoms with Crippen LogP contribution in [0.5, 0.6) is 11.5 Å². The van der Waals surface area contributed by atoms with Gasteiger partial charge < -0.3 is 19.5 Å². The molecule has 1 saturated heterocycles. The minimum atomic E-state index is -0.458. The fourth-order valence-corrected chi connectivity index (χ4v) is 3.96. The number of anilines is 1. The summed E-state index contributed by atoms with van der Waals surface area (Å²) in [7, 11) is 1.33. The summed E-state index contributed by atoms with van der Waals surface area (Å²) in [5, 5.41) is 3.60. The van der Waals surface area contributed by atoms with Crippen LogP contribution in [-0.2, 0) is 11.3 Å². The number of ether oxygens (including phenoxy) is 3. The van der Waals surface area contributed by atoms with Crippen LogP contribution in [0.4, 0.5) is 10.2 Å². The number of aromatic nitrogens is 1. The van der Waals surface area contributed by atoms with E-state index < -0.39 is 11.8 Å². The Bertz CT molecular complexity index is 908. The van der Waals surface area contributed by atoms with Crippen molar-refractivity contribution in [1.29, 1.82) is 0 Å². The molecule has 0 atom stereocenters. The predicted molar refractivity (Wildman–Crippen MR) is 121 cm³/mol. The summed E-state index contributed by atoms with van der Waals surface area (Å²) >= 11 is 6.05. The van der Waals surface area contributed by atoms with Gasteiger partial charge in [-0.3, -0.25) is 4.90 Å². The van der Waals surface area contributed by atoms with Gasteiger partial charge >= 0.3 is 5.97 Å². The number of methoxy groups -OCH3 is 1. The number of carbonyl (C=O) groups excluding carboxylic acids is 1. The van der Waals surface area contributed by atoms with E-state index in [2.05, 4.69) is 15.2 Å². The van der Waals surface area contributed by atoms with E-state index in [1.54, 1.807) is 18.2 Å². The molecule has 1 aliphatic rings. The molecule has 9 heteroatoms. The van der Waals surface area contributed by atoms with Crippen LogP contribution in [0.2, 0.25) is 5.15 Å². The summed E-state index contributed by atoms with van der Waals surface area (Å²) in [4.78, 5) is 18.4. The number of nitrogens with one attached hydrogen (secondary N) is 1. The van der Waals surface area contributed by atoms with E-state index in [9.17, 15) is 9.18 Å². The predicted octanol–water partition coefficient (Wildman–Crippen LogP) is 4.53. The normalized spacial score (nSPS) is 14.8. The second-order valence-electron chi connectivity index (χ2n) is 7.52. The van der Waals surface area contributed by atoms with Crippen LogP contribution in [0.15, 0.2) is 24.3 Å². The van der Waals surface area contributed by atoms with E-state index in [0.29, 0.717) is 31.1 Å². The van der Waals surface area contributed by atoms with Crippen LogP contribution >= 0.6 is 11.6 Å². The number of rotatable bonds is 9. The number of hydrogen-bond acceptors (Lipinski definition) is 7. The number of likely N-dealkylation sites (tertiary alicyclic amines) is 1. The maximum Gasteiger partial charge on any atom is 0.338 e. The summed E-state index contributed by atoms with van der Waals surface area (Å²) in [5.74, 6) is 0.0829. The van der Waals surface area contributed by atoms with Crippen molar-refractivity contribution in [3.63, 3.8) is 0 Å². The molecule has 0 aliphatic carbocycles. The number of benzene rings is 1. The van der Waals surface area contributed by atoms with Crippen LogP contribution in [0, 0.1) is 5.82 Å². The van der Waals surface area contributed by atoms with E-state index in [1.807, 2.05) is 13.8 Å². The average Bonchev–Trinajstić information content (AvgIpc) is 2.77. The number of nitrogens with zero attached hydrogens (tertiary/aromatic N) is 2. The highest BCUT2D eigenvalue weighted by molar-refractivity contribution is 6.29. The molecule has 1 aromatic heterocycles. The Hall–Kier alpha value is -2.58. The number of halogens is 2. The van der Waals surface area contributed by atoms with Crippen LogP contribution < -0.4 is 14.8 Å². The first-order valence-electron chi connectivity index (χ1n) is 10.8. The zero-order valence-corrected chi connectivity index (χ0v) is 19.4. The molecule has 32 heavy (non-hydrogen) atoms.